The van der Waals surface area contributed by atoms with E-state index in [0.717, 1.165) is 16.7 Å². The number of ether oxygens (including phenoxy) is 1. The Balaban J connectivity index is 1.89. The molecule has 0 N–H and O–H groups in total. The fourth-order valence-electron chi connectivity index (χ4n) is 2.47. The van der Waals surface area contributed by atoms with Crippen molar-refractivity contribution in [2.24, 2.45) is 0 Å². The first-order valence-electron chi connectivity index (χ1n) is 7.54. The van der Waals surface area contributed by atoms with Gasteiger partial charge in [-0.1, -0.05) is 66.2 Å². The fourth-order valence-corrected chi connectivity index (χ4v) is 2.47. The molecule has 0 spiro atoms. The van der Waals surface area contributed by atoms with Crippen LogP contribution in [0.3, 0.4) is 0 Å². The number of hydrogen-bond donors (Lipinski definition) is 0. The van der Waals surface area contributed by atoms with Crippen LogP contribution in [0.4, 0.5) is 0 Å². The van der Waals surface area contributed by atoms with Crippen molar-refractivity contribution >= 4 is 0 Å². The highest BCUT2D eigenvalue weighted by molar-refractivity contribution is 5.67. The number of hydrogen-bond acceptors (Lipinski definition) is 2. The summed E-state index contributed by atoms with van der Waals surface area (Å²) in [5, 5.41) is 9.29. The monoisotopic (exact) mass is 299 g/mol. The molecule has 3 aromatic rings. The Hall–Kier alpha value is -3.05. The minimum atomic E-state index is 0.451. The van der Waals surface area contributed by atoms with Crippen molar-refractivity contribution in [2.75, 3.05) is 0 Å². The van der Waals surface area contributed by atoms with Crippen molar-refractivity contribution in [2.45, 2.75) is 13.5 Å². The van der Waals surface area contributed by atoms with E-state index in [0.29, 0.717) is 17.9 Å². The molecule has 0 aromatic heterocycles. The minimum Gasteiger partial charge on any atom is -0.488 e. The van der Waals surface area contributed by atoms with Crippen molar-refractivity contribution in [3.63, 3.8) is 0 Å². The Kier molecular flexibility index (Phi) is 4.40. The van der Waals surface area contributed by atoms with Gasteiger partial charge in [0, 0.05) is 0 Å². The van der Waals surface area contributed by atoms with Crippen molar-refractivity contribution in [1.29, 1.82) is 5.26 Å². The van der Waals surface area contributed by atoms with Crippen LogP contribution in [-0.2, 0) is 6.61 Å². The summed E-state index contributed by atoms with van der Waals surface area (Å²) in [5.41, 5.74) is 5.02. The van der Waals surface area contributed by atoms with Crippen LogP contribution in [0.1, 0.15) is 16.7 Å². The molecule has 0 atom stereocenters. The summed E-state index contributed by atoms with van der Waals surface area (Å²) in [6, 6.07) is 26.2. The van der Waals surface area contributed by atoms with Gasteiger partial charge in [0.15, 0.2) is 0 Å². The van der Waals surface area contributed by atoms with Gasteiger partial charge in [-0.25, -0.2) is 0 Å². The second kappa shape index (κ2) is 6.81. The van der Waals surface area contributed by atoms with Crippen LogP contribution >= 0.6 is 0 Å². The van der Waals surface area contributed by atoms with Gasteiger partial charge >= 0.3 is 0 Å². The molecule has 0 saturated carbocycles. The number of benzene rings is 3. The lowest BCUT2D eigenvalue weighted by Crippen LogP contribution is -1.97. The molecule has 0 aliphatic rings. The van der Waals surface area contributed by atoms with Crippen molar-refractivity contribution in [3.8, 4) is 22.9 Å². The van der Waals surface area contributed by atoms with E-state index in [9.17, 15) is 5.26 Å². The van der Waals surface area contributed by atoms with Crippen LogP contribution in [-0.4, -0.2) is 0 Å². The number of aryl methyl sites for hydroxylation is 1. The molecule has 3 rings (SSSR count). The van der Waals surface area contributed by atoms with E-state index in [1.807, 2.05) is 54.6 Å². The Morgan fingerprint density at radius 3 is 2.39 bits per heavy atom. The number of nitrogens with zero attached hydrogens (tertiary/aromatic N) is 1. The molecule has 0 unspecified atom stereocenters. The van der Waals surface area contributed by atoms with Crippen LogP contribution in [0.5, 0.6) is 5.75 Å². The summed E-state index contributed by atoms with van der Waals surface area (Å²) < 4.78 is 5.88. The summed E-state index contributed by atoms with van der Waals surface area (Å²) >= 11 is 0. The van der Waals surface area contributed by atoms with Crippen LogP contribution in [0.25, 0.3) is 11.1 Å². The molecular formula is C21H17NO. The average molecular weight is 299 g/mol. The molecule has 0 aliphatic heterocycles. The lowest BCUT2D eigenvalue weighted by Gasteiger charge is -2.10. The highest BCUT2D eigenvalue weighted by Gasteiger charge is 2.07. The molecule has 23 heavy (non-hydrogen) atoms. The fraction of sp³-hybridized carbons (Fsp3) is 0.0952. The maximum atomic E-state index is 9.29. The predicted octanol–water partition coefficient (Wildman–Crippen LogP) is 5.11. The molecule has 0 bridgehead atoms. The maximum Gasteiger partial charge on any atom is 0.138 e. The second-order valence-electron chi connectivity index (χ2n) is 5.47. The first kappa shape index (κ1) is 14.9. The van der Waals surface area contributed by atoms with E-state index in [2.05, 4.69) is 31.2 Å². The average Bonchev–Trinajstić information content (AvgIpc) is 2.60. The van der Waals surface area contributed by atoms with E-state index in [4.69, 9.17) is 4.74 Å². The quantitative estimate of drug-likeness (QED) is 0.670. The molecule has 0 heterocycles. The molecule has 0 saturated heterocycles. The normalized spacial score (nSPS) is 10.1. The SMILES string of the molecule is Cc1cccc(-c2ccc(C#N)c(OCc3ccccc3)c2)c1. The molecule has 3 aromatic carbocycles. The topological polar surface area (TPSA) is 33.0 Å². The summed E-state index contributed by atoms with van der Waals surface area (Å²) in [7, 11) is 0. The lowest BCUT2D eigenvalue weighted by molar-refractivity contribution is 0.305. The highest BCUT2D eigenvalue weighted by Crippen LogP contribution is 2.28. The van der Waals surface area contributed by atoms with Crippen molar-refractivity contribution in [1.82, 2.24) is 0 Å². The standard InChI is InChI=1S/C21H17NO/c1-16-6-5-9-18(12-16)19-10-11-20(14-22)21(13-19)23-15-17-7-3-2-4-8-17/h2-13H,15H2,1H3. The van der Waals surface area contributed by atoms with E-state index in [1.54, 1.807) is 0 Å². The van der Waals surface area contributed by atoms with Gasteiger partial charge in [0.1, 0.15) is 18.4 Å². The van der Waals surface area contributed by atoms with Crippen LogP contribution in [0, 0.1) is 18.3 Å². The molecule has 2 heteroatoms. The van der Waals surface area contributed by atoms with E-state index >= 15 is 0 Å². The zero-order chi connectivity index (χ0) is 16.1. The van der Waals surface area contributed by atoms with Crippen molar-refractivity contribution < 1.29 is 4.74 Å². The molecular weight excluding hydrogens is 282 g/mol. The van der Waals surface area contributed by atoms with Gasteiger partial charge in [-0.15, -0.1) is 0 Å². The van der Waals surface area contributed by atoms with Crippen LogP contribution in [0.15, 0.2) is 72.8 Å². The molecule has 0 aliphatic carbocycles. The first-order valence-corrected chi connectivity index (χ1v) is 7.54. The van der Waals surface area contributed by atoms with Crippen LogP contribution in [0.2, 0.25) is 0 Å². The summed E-state index contributed by atoms with van der Waals surface area (Å²) in [4.78, 5) is 0. The second-order valence-corrected chi connectivity index (χ2v) is 5.47. The van der Waals surface area contributed by atoms with E-state index < -0.39 is 0 Å². The zero-order valence-corrected chi connectivity index (χ0v) is 13.0. The summed E-state index contributed by atoms with van der Waals surface area (Å²) in [6.45, 7) is 2.52. The molecule has 0 fully saturated rings. The zero-order valence-electron chi connectivity index (χ0n) is 13.0. The molecule has 0 radical (unpaired) electrons. The minimum absolute atomic E-state index is 0.451. The molecule has 112 valence electrons. The third-order valence-corrected chi connectivity index (χ3v) is 3.69. The predicted molar refractivity (Wildman–Crippen MR) is 92.1 cm³/mol. The summed E-state index contributed by atoms with van der Waals surface area (Å²) in [5.74, 6) is 0.621. The molecule has 0 amide bonds. The van der Waals surface area contributed by atoms with E-state index in [1.165, 1.54) is 5.56 Å². The Morgan fingerprint density at radius 1 is 0.870 bits per heavy atom. The van der Waals surface area contributed by atoms with Gasteiger partial charge in [0.2, 0.25) is 0 Å². The number of nitriles is 1. The maximum absolute atomic E-state index is 9.29. The Morgan fingerprint density at radius 2 is 1.65 bits per heavy atom. The third-order valence-electron chi connectivity index (χ3n) is 3.69. The van der Waals surface area contributed by atoms with Gasteiger partial charge in [-0.2, -0.15) is 5.26 Å². The largest absolute Gasteiger partial charge is 0.488 e. The summed E-state index contributed by atoms with van der Waals surface area (Å²) in [6.07, 6.45) is 0. The van der Waals surface area contributed by atoms with Gasteiger partial charge in [-0.3, -0.25) is 0 Å². The molecule has 2 nitrogen and oxygen atoms in total. The highest BCUT2D eigenvalue weighted by atomic mass is 16.5. The third kappa shape index (κ3) is 3.59. The smallest absolute Gasteiger partial charge is 0.138 e. The van der Waals surface area contributed by atoms with Gasteiger partial charge in [0.25, 0.3) is 0 Å². The first-order chi connectivity index (χ1) is 11.3. The lowest BCUT2D eigenvalue weighted by atomic mass is 10.0. The Labute approximate surface area is 136 Å². The van der Waals surface area contributed by atoms with Gasteiger partial charge < -0.3 is 4.74 Å². The van der Waals surface area contributed by atoms with Gasteiger partial charge in [-0.05, 0) is 35.7 Å². The van der Waals surface area contributed by atoms with Crippen LogP contribution < -0.4 is 4.74 Å². The van der Waals surface area contributed by atoms with Crippen molar-refractivity contribution in [3.05, 3.63) is 89.5 Å². The number of rotatable bonds is 4. The Bertz CT molecular complexity index is 847. The van der Waals surface area contributed by atoms with Gasteiger partial charge in [0.05, 0.1) is 5.56 Å². The van der Waals surface area contributed by atoms with E-state index in [-0.39, 0.29) is 0 Å².